The third-order valence-corrected chi connectivity index (χ3v) is 13.3. The molecule has 2 aromatic heterocycles. The van der Waals surface area contributed by atoms with Gasteiger partial charge < -0.3 is 8.83 Å². The summed E-state index contributed by atoms with van der Waals surface area (Å²) in [4.78, 5) is 0. The van der Waals surface area contributed by atoms with Gasteiger partial charge in [-0.25, -0.2) is 0 Å². The minimum Gasteiger partial charge on any atom is -0.455 e. The van der Waals surface area contributed by atoms with E-state index in [1.54, 1.807) is 0 Å². The molecule has 0 aliphatic heterocycles. The summed E-state index contributed by atoms with van der Waals surface area (Å²) < 4.78 is 13.0. The molecule has 13 rings (SSSR count). The van der Waals surface area contributed by atoms with Crippen molar-refractivity contribution < 1.29 is 8.83 Å². The largest absolute Gasteiger partial charge is 0.455 e. The molecule has 0 N–H and O–H groups in total. The topological polar surface area (TPSA) is 26.3 Å². The molecular weight excluding hydrogens is 717 g/mol. The van der Waals surface area contributed by atoms with E-state index >= 15 is 0 Å². The molecule has 0 bridgehead atoms. The number of hydrogen-bond donors (Lipinski definition) is 0. The Morgan fingerprint density at radius 1 is 0.305 bits per heavy atom. The molecule has 0 unspecified atom stereocenters. The Kier molecular flexibility index (Phi) is 6.54. The molecule has 0 radical (unpaired) electrons. The van der Waals surface area contributed by atoms with Crippen LogP contribution in [0.15, 0.2) is 191 Å². The van der Waals surface area contributed by atoms with Gasteiger partial charge in [0.1, 0.15) is 22.3 Å². The maximum Gasteiger partial charge on any atom is 0.143 e. The van der Waals surface area contributed by atoms with Crippen molar-refractivity contribution in [3.05, 3.63) is 193 Å². The second-order valence-corrected chi connectivity index (χ2v) is 16.7. The molecule has 0 fully saturated rings. The second kappa shape index (κ2) is 11.8. The Labute approximate surface area is 340 Å². The SMILES string of the molecule is CC1(C)c2cc(-c3ccc4oc5c(ccc6c5ccc5c7ccccc7oc56)c4c3)ccc2-c2ccc(-c3c4ccccc4c(-c4ccccc4)c4ccccc34)cc21. The molecule has 10 aromatic carbocycles. The standard InChI is InChI=1S/C57H36O2/c1-57(2)49-31-35(34-22-29-52-48(30-34)47-28-27-45-46(56(47)59-52)26-25-44-39-14-10-11-19-51(39)58-55(44)45)20-23-37(49)38-24-21-36(32-50(38)57)54-42-17-8-6-15-40(42)53(33-12-4-3-5-13-33)41-16-7-9-18-43(41)54/h3-32H,1-2H3. The Morgan fingerprint density at radius 3 is 1.34 bits per heavy atom. The van der Waals surface area contributed by atoms with Crippen molar-refractivity contribution in [2.75, 3.05) is 0 Å². The maximum absolute atomic E-state index is 6.62. The van der Waals surface area contributed by atoms with E-state index in [0.717, 1.165) is 54.6 Å². The fourth-order valence-electron chi connectivity index (χ4n) is 10.4. The van der Waals surface area contributed by atoms with Crippen molar-refractivity contribution >= 4 is 76.2 Å². The van der Waals surface area contributed by atoms with Crippen LogP contribution in [0.2, 0.25) is 0 Å². The van der Waals surface area contributed by atoms with Crippen molar-refractivity contribution in [3.8, 4) is 44.5 Å². The zero-order valence-electron chi connectivity index (χ0n) is 32.6. The van der Waals surface area contributed by atoms with Gasteiger partial charge >= 0.3 is 0 Å². The van der Waals surface area contributed by atoms with Gasteiger partial charge in [-0.15, -0.1) is 0 Å². The number of fused-ring (bicyclic) bond motifs is 14. The molecule has 1 aliphatic carbocycles. The van der Waals surface area contributed by atoms with Crippen molar-refractivity contribution in [1.82, 2.24) is 0 Å². The third kappa shape index (κ3) is 4.52. The van der Waals surface area contributed by atoms with Crippen molar-refractivity contribution in [2.24, 2.45) is 0 Å². The van der Waals surface area contributed by atoms with Gasteiger partial charge in [-0.2, -0.15) is 0 Å². The van der Waals surface area contributed by atoms with E-state index in [0.29, 0.717) is 0 Å². The lowest BCUT2D eigenvalue weighted by molar-refractivity contribution is 0.661. The Balaban J connectivity index is 0.923. The predicted octanol–water partition coefficient (Wildman–Crippen LogP) is 16.3. The Morgan fingerprint density at radius 2 is 0.729 bits per heavy atom. The predicted molar refractivity (Wildman–Crippen MR) is 247 cm³/mol. The monoisotopic (exact) mass is 752 g/mol. The highest BCUT2D eigenvalue weighted by Gasteiger charge is 2.36. The summed E-state index contributed by atoms with van der Waals surface area (Å²) in [5.41, 5.74) is 16.2. The minimum absolute atomic E-state index is 0.195. The number of furan rings is 2. The van der Waals surface area contributed by atoms with E-state index in [1.807, 2.05) is 12.1 Å². The summed E-state index contributed by atoms with van der Waals surface area (Å²) in [6, 6.07) is 66.5. The van der Waals surface area contributed by atoms with Crippen LogP contribution >= 0.6 is 0 Å². The van der Waals surface area contributed by atoms with Crippen LogP contribution in [0.1, 0.15) is 25.0 Å². The number of benzene rings is 10. The highest BCUT2D eigenvalue weighted by atomic mass is 16.3. The summed E-state index contributed by atoms with van der Waals surface area (Å²) in [5, 5.41) is 11.7. The van der Waals surface area contributed by atoms with E-state index < -0.39 is 0 Å². The molecule has 0 amide bonds. The van der Waals surface area contributed by atoms with Crippen LogP contribution in [0.4, 0.5) is 0 Å². The van der Waals surface area contributed by atoms with Crippen molar-refractivity contribution in [2.45, 2.75) is 19.3 Å². The second-order valence-electron chi connectivity index (χ2n) is 16.7. The molecule has 276 valence electrons. The van der Waals surface area contributed by atoms with Gasteiger partial charge in [-0.3, -0.25) is 0 Å². The van der Waals surface area contributed by atoms with Gasteiger partial charge in [-0.05, 0) is 132 Å². The molecule has 1 aliphatic rings. The van der Waals surface area contributed by atoms with Crippen LogP contribution in [0.3, 0.4) is 0 Å². The first-order valence-electron chi connectivity index (χ1n) is 20.5. The lowest BCUT2D eigenvalue weighted by Crippen LogP contribution is -2.15. The van der Waals surface area contributed by atoms with Crippen LogP contribution < -0.4 is 0 Å². The quantitative estimate of drug-likeness (QED) is 0.168. The highest BCUT2D eigenvalue weighted by Crippen LogP contribution is 2.52. The minimum atomic E-state index is -0.195. The van der Waals surface area contributed by atoms with Gasteiger partial charge in [0.2, 0.25) is 0 Å². The normalized spacial score (nSPS) is 13.4. The molecule has 0 spiro atoms. The zero-order chi connectivity index (χ0) is 39.0. The van der Waals surface area contributed by atoms with E-state index in [2.05, 4.69) is 184 Å². The smallest absolute Gasteiger partial charge is 0.143 e. The highest BCUT2D eigenvalue weighted by molar-refractivity contribution is 6.23. The van der Waals surface area contributed by atoms with Crippen LogP contribution in [0.25, 0.3) is 121 Å². The van der Waals surface area contributed by atoms with E-state index in [9.17, 15) is 0 Å². The molecule has 59 heavy (non-hydrogen) atoms. The molecule has 0 atom stereocenters. The number of rotatable bonds is 3. The number of hydrogen-bond acceptors (Lipinski definition) is 2. The molecule has 12 aromatic rings. The van der Waals surface area contributed by atoms with Gasteiger partial charge in [0, 0.05) is 37.7 Å². The summed E-state index contributed by atoms with van der Waals surface area (Å²) in [5.74, 6) is 0. The van der Waals surface area contributed by atoms with Gasteiger partial charge in [-0.1, -0.05) is 141 Å². The average Bonchev–Trinajstić information content (AvgIpc) is 3.93. The van der Waals surface area contributed by atoms with Crippen molar-refractivity contribution in [3.63, 3.8) is 0 Å². The number of para-hydroxylation sites is 1. The summed E-state index contributed by atoms with van der Waals surface area (Å²) >= 11 is 0. The van der Waals surface area contributed by atoms with Crippen LogP contribution in [-0.4, -0.2) is 0 Å². The van der Waals surface area contributed by atoms with Crippen LogP contribution in [0, 0.1) is 0 Å². The van der Waals surface area contributed by atoms with E-state index in [4.69, 9.17) is 8.83 Å². The maximum atomic E-state index is 6.62. The fourth-order valence-corrected chi connectivity index (χ4v) is 10.4. The fraction of sp³-hybridized carbons (Fsp3) is 0.0526. The van der Waals surface area contributed by atoms with Crippen LogP contribution in [0.5, 0.6) is 0 Å². The average molecular weight is 753 g/mol. The molecular formula is C57H36O2. The zero-order valence-corrected chi connectivity index (χ0v) is 32.6. The first kappa shape index (κ1) is 32.6. The summed E-state index contributed by atoms with van der Waals surface area (Å²) in [6.45, 7) is 4.77. The van der Waals surface area contributed by atoms with Gasteiger partial charge in [0.15, 0.2) is 0 Å². The van der Waals surface area contributed by atoms with Gasteiger partial charge in [0.05, 0.1) is 0 Å². The molecule has 0 saturated carbocycles. The van der Waals surface area contributed by atoms with E-state index in [1.165, 1.54) is 77.2 Å². The Hall–Kier alpha value is -7.42. The molecule has 2 nitrogen and oxygen atoms in total. The van der Waals surface area contributed by atoms with E-state index in [-0.39, 0.29) is 5.41 Å². The molecule has 2 heterocycles. The third-order valence-electron chi connectivity index (χ3n) is 13.3. The van der Waals surface area contributed by atoms with Crippen LogP contribution in [-0.2, 0) is 5.41 Å². The lowest BCUT2D eigenvalue weighted by Gasteiger charge is -2.23. The first-order valence-corrected chi connectivity index (χ1v) is 20.5. The first-order chi connectivity index (χ1) is 29.0. The molecule has 2 heteroatoms. The Bertz CT molecular complexity index is 3690. The summed E-state index contributed by atoms with van der Waals surface area (Å²) in [6.07, 6.45) is 0. The molecule has 0 saturated heterocycles. The van der Waals surface area contributed by atoms with Crippen molar-refractivity contribution in [1.29, 1.82) is 0 Å². The van der Waals surface area contributed by atoms with Gasteiger partial charge in [0.25, 0.3) is 0 Å². The summed E-state index contributed by atoms with van der Waals surface area (Å²) in [7, 11) is 0. The lowest BCUT2D eigenvalue weighted by atomic mass is 9.80.